The number of aromatic hydroxyl groups is 2. The number of carbonyl (C=O) groups is 5. The van der Waals surface area contributed by atoms with Crippen LogP contribution in [0, 0.1) is 6.92 Å². The van der Waals surface area contributed by atoms with E-state index in [-0.39, 0.29) is 83.9 Å². The van der Waals surface area contributed by atoms with Gasteiger partial charge >= 0.3 is 5.97 Å². The first-order valence-corrected chi connectivity index (χ1v) is 12.5. The second-order valence-corrected chi connectivity index (χ2v) is 9.34. The molecule has 43 heavy (non-hydrogen) atoms. The lowest BCUT2D eigenvalue weighted by molar-refractivity contribution is -0.135. The molecule has 1 saturated carbocycles. The third kappa shape index (κ3) is 8.45. The van der Waals surface area contributed by atoms with Gasteiger partial charge in [0, 0.05) is 12.8 Å². The van der Waals surface area contributed by atoms with E-state index in [1.165, 1.54) is 28.8 Å². The Morgan fingerprint density at radius 1 is 0.977 bits per heavy atom. The van der Waals surface area contributed by atoms with Crippen molar-refractivity contribution in [1.82, 2.24) is 14.9 Å². The molecule has 0 bridgehead atoms. The quantitative estimate of drug-likeness (QED) is 0.107. The second kappa shape index (κ2) is 15.2. The highest BCUT2D eigenvalue weighted by molar-refractivity contribution is 6.03. The lowest BCUT2D eigenvalue weighted by Crippen LogP contribution is -2.48. The van der Waals surface area contributed by atoms with Crippen molar-refractivity contribution in [3.8, 4) is 11.5 Å². The summed E-state index contributed by atoms with van der Waals surface area (Å²) in [6, 6.07) is 7.56. The van der Waals surface area contributed by atoms with Crippen LogP contribution in [0.2, 0.25) is 0 Å². The van der Waals surface area contributed by atoms with Crippen LogP contribution in [-0.2, 0) is 19.2 Å². The summed E-state index contributed by atoms with van der Waals surface area (Å²) in [5.74, 6) is -1.96. The van der Waals surface area contributed by atoms with Gasteiger partial charge in [0.15, 0.2) is 5.78 Å². The number of carboxylic acids is 1. The smallest absolute Gasteiger partial charge is 0.337 e. The van der Waals surface area contributed by atoms with Crippen LogP contribution in [0.4, 0.5) is 5.69 Å². The molecule has 232 valence electrons. The van der Waals surface area contributed by atoms with E-state index in [1.807, 2.05) is 0 Å². The number of ketones is 2. The van der Waals surface area contributed by atoms with E-state index < -0.39 is 18.1 Å². The summed E-state index contributed by atoms with van der Waals surface area (Å²) in [4.78, 5) is 71.6. The number of aromatic carboxylic acids is 1. The van der Waals surface area contributed by atoms with Crippen LogP contribution in [-0.4, -0.2) is 60.3 Å². The zero-order valence-electron chi connectivity index (χ0n) is 22.0. The number of imide groups is 1. The number of aromatic nitrogens is 2. The molecule has 2 heterocycles. The standard InChI is InChI=1S/C15H14N2O4.C7H7NO3.C5H8N2O2.2CH4/c1-8-16-14-10(3-2-4-12(14)19)15(21)17(8)11-6-5-9(18)7-13(11)20;8-6-4(7(10)11)2-1-3-5(6)9;6-3-1-2-4(8)7-5(3)9;;/h2-4,11,19H,5-7H2,1H3;1-3,9H,8H2,(H,10,11);3H,1-2,6H2,(H,7,8,9);2*1H4. The summed E-state index contributed by atoms with van der Waals surface area (Å²) >= 11 is 0. The molecule has 14 nitrogen and oxygen atoms in total. The Hall–Kier alpha value is -5.11. The molecule has 2 fully saturated rings. The van der Waals surface area contributed by atoms with Crippen molar-refractivity contribution in [3.63, 3.8) is 0 Å². The number of carbonyl (C=O) groups excluding carboxylic acids is 4. The summed E-state index contributed by atoms with van der Waals surface area (Å²) in [6.45, 7) is 1.62. The number of amides is 2. The Kier molecular flexibility index (Phi) is 12.7. The maximum absolute atomic E-state index is 12.6. The normalized spacial score (nSPS) is 17.6. The van der Waals surface area contributed by atoms with Gasteiger partial charge in [0.1, 0.15) is 28.6 Å². The fourth-order valence-electron chi connectivity index (χ4n) is 4.26. The fraction of sp³-hybridized carbons (Fsp3) is 0.345. The molecule has 2 unspecified atom stereocenters. The van der Waals surface area contributed by atoms with Crippen molar-refractivity contribution in [2.45, 2.75) is 66.0 Å². The van der Waals surface area contributed by atoms with Crippen molar-refractivity contribution in [3.05, 3.63) is 58.1 Å². The number of anilines is 1. The number of nitrogens with two attached hydrogens (primary N) is 2. The highest BCUT2D eigenvalue weighted by Crippen LogP contribution is 2.26. The van der Waals surface area contributed by atoms with Crippen LogP contribution >= 0.6 is 0 Å². The number of rotatable bonds is 2. The molecule has 5 rings (SSSR count). The lowest BCUT2D eigenvalue weighted by atomic mass is 9.92. The number of piperidine rings is 1. The first-order chi connectivity index (χ1) is 19.3. The van der Waals surface area contributed by atoms with E-state index in [1.54, 1.807) is 19.1 Å². The number of phenols is 2. The minimum Gasteiger partial charge on any atom is -0.506 e. The Morgan fingerprint density at radius 3 is 2.16 bits per heavy atom. The predicted molar refractivity (Wildman–Crippen MR) is 159 cm³/mol. The maximum atomic E-state index is 12.6. The Bertz CT molecular complexity index is 1600. The van der Waals surface area contributed by atoms with E-state index in [9.17, 15) is 33.9 Å². The number of benzene rings is 2. The number of hydrogen-bond donors (Lipinski definition) is 6. The third-order valence-electron chi connectivity index (χ3n) is 6.43. The minimum atomic E-state index is -1.14. The van der Waals surface area contributed by atoms with Gasteiger partial charge in [-0.15, -0.1) is 0 Å². The van der Waals surface area contributed by atoms with Gasteiger partial charge in [0.2, 0.25) is 11.8 Å². The molecule has 1 aliphatic carbocycles. The SMILES string of the molecule is C.C.Cc1nc2c(O)cccc2c(=O)n1C1CCC(=O)CC1=O.NC1CCC(=O)NC1=O.Nc1c(O)cccc1C(=O)O. The van der Waals surface area contributed by atoms with Crippen LogP contribution in [0.3, 0.4) is 0 Å². The predicted octanol–water partition coefficient (Wildman–Crippen LogP) is 1.97. The first-order valence-electron chi connectivity index (χ1n) is 12.5. The van der Waals surface area contributed by atoms with Gasteiger partial charge in [-0.2, -0.15) is 0 Å². The summed E-state index contributed by atoms with van der Waals surface area (Å²) in [6.07, 6.45) is 1.33. The van der Waals surface area contributed by atoms with Gasteiger partial charge in [-0.05, 0) is 44.0 Å². The van der Waals surface area contributed by atoms with Gasteiger partial charge in [0.05, 0.1) is 35.1 Å². The van der Waals surface area contributed by atoms with Crippen LogP contribution in [0.15, 0.2) is 41.2 Å². The van der Waals surface area contributed by atoms with Crippen molar-refractivity contribution < 1.29 is 39.3 Å². The van der Waals surface area contributed by atoms with Gasteiger partial charge in [0.25, 0.3) is 5.56 Å². The molecule has 3 aromatic rings. The molecule has 1 saturated heterocycles. The van der Waals surface area contributed by atoms with Crippen molar-refractivity contribution in [2.24, 2.45) is 5.73 Å². The van der Waals surface area contributed by atoms with Crippen molar-refractivity contribution in [1.29, 1.82) is 0 Å². The topological polar surface area (TPSA) is 245 Å². The van der Waals surface area contributed by atoms with E-state index in [4.69, 9.17) is 21.7 Å². The Morgan fingerprint density at radius 2 is 1.60 bits per heavy atom. The van der Waals surface area contributed by atoms with E-state index >= 15 is 0 Å². The Labute approximate surface area is 247 Å². The highest BCUT2D eigenvalue weighted by Gasteiger charge is 2.30. The molecule has 1 aromatic heterocycles. The molecule has 14 heteroatoms. The average molecular weight is 600 g/mol. The third-order valence-corrected chi connectivity index (χ3v) is 6.43. The molecule has 2 atom stereocenters. The number of fused-ring (bicyclic) bond motifs is 1. The zero-order valence-corrected chi connectivity index (χ0v) is 22.0. The monoisotopic (exact) mass is 599 g/mol. The van der Waals surface area contributed by atoms with E-state index in [0.29, 0.717) is 31.5 Å². The lowest BCUT2D eigenvalue weighted by Gasteiger charge is -2.23. The minimum absolute atomic E-state index is 0. The number of nitrogen functional groups attached to an aromatic ring is 1. The molecule has 2 amide bonds. The average Bonchev–Trinajstić information content (AvgIpc) is 2.90. The number of nitrogens with zero attached hydrogens (tertiary/aromatic N) is 2. The molecule has 8 N–H and O–H groups in total. The summed E-state index contributed by atoms with van der Waals surface area (Å²) in [5, 5.41) is 29.6. The largest absolute Gasteiger partial charge is 0.506 e. The number of nitrogens with one attached hydrogen (secondary N) is 1. The van der Waals surface area contributed by atoms with Crippen molar-refractivity contribution in [2.75, 3.05) is 5.73 Å². The molecule has 2 aliphatic rings. The number of Topliss-reactive ketones (excluding diaryl/α,β-unsaturated/α-hetero) is 2. The number of aryl methyl sites for hydroxylation is 1. The maximum Gasteiger partial charge on any atom is 0.337 e. The Balaban J connectivity index is 0.000000356. The second-order valence-electron chi connectivity index (χ2n) is 9.34. The molecule has 1 aliphatic heterocycles. The van der Waals surface area contributed by atoms with E-state index in [0.717, 1.165) is 0 Å². The van der Waals surface area contributed by atoms with E-state index in [2.05, 4.69) is 10.3 Å². The molecular weight excluding hydrogens is 562 g/mol. The number of hydrogen-bond acceptors (Lipinski definition) is 11. The van der Waals surface area contributed by atoms with Gasteiger partial charge in [-0.1, -0.05) is 27.0 Å². The molecule has 0 radical (unpaired) electrons. The highest BCUT2D eigenvalue weighted by atomic mass is 16.4. The summed E-state index contributed by atoms with van der Waals surface area (Å²) < 4.78 is 1.34. The molecule has 0 spiro atoms. The van der Waals surface area contributed by atoms with Crippen molar-refractivity contribution >= 4 is 45.9 Å². The van der Waals surface area contributed by atoms with Crippen LogP contribution in [0.5, 0.6) is 11.5 Å². The fourth-order valence-corrected chi connectivity index (χ4v) is 4.26. The van der Waals surface area contributed by atoms with Gasteiger partial charge < -0.3 is 26.8 Å². The first kappa shape index (κ1) is 35.9. The summed E-state index contributed by atoms with van der Waals surface area (Å²) in [7, 11) is 0. The number of carboxylic acid groups (broad SMARTS) is 1. The van der Waals surface area contributed by atoms with Crippen LogP contribution < -0.4 is 22.3 Å². The number of para-hydroxylation sites is 2. The van der Waals surface area contributed by atoms with Crippen LogP contribution in [0.1, 0.15) is 69.2 Å². The van der Waals surface area contributed by atoms with Gasteiger partial charge in [-0.3, -0.25) is 33.9 Å². The van der Waals surface area contributed by atoms with Crippen LogP contribution in [0.25, 0.3) is 10.9 Å². The summed E-state index contributed by atoms with van der Waals surface area (Å²) in [5.41, 5.74) is 10.2. The zero-order chi connectivity index (χ0) is 30.4. The van der Waals surface area contributed by atoms with Gasteiger partial charge in [-0.25, -0.2) is 9.78 Å². The molecule has 2 aromatic carbocycles. The number of phenolic OH excluding ortho intramolecular Hbond substituents is 2. The molecular formula is C29H37N5O9.